The van der Waals surface area contributed by atoms with Gasteiger partial charge in [0.05, 0.1) is 10.6 Å². The Hall–Kier alpha value is -2.65. The summed E-state index contributed by atoms with van der Waals surface area (Å²) in [6, 6.07) is 6.05. The van der Waals surface area contributed by atoms with E-state index in [1.165, 1.54) is 31.2 Å². The number of nitriles is 4. The molecule has 2 aromatic carbocycles. The Morgan fingerprint density at radius 2 is 1.27 bits per heavy atom. The first-order chi connectivity index (χ1) is 12.3. The van der Waals surface area contributed by atoms with E-state index in [9.17, 15) is 13.2 Å². The van der Waals surface area contributed by atoms with Crippen molar-refractivity contribution in [3.63, 3.8) is 0 Å². The predicted octanol–water partition coefficient (Wildman–Crippen LogP) is 2.07. The maximum atomic E-state index is 15.0. The summed E-state index contributed by atoms with van der Waals surface area (Å²) in [5, 5.41) is 34.2. The van der Waals surface area contributed by atoms with E-state index < -0.39 is 44.4 Å². The molecule has 4 nitrogen and oxygen atoms in total. The van der Waals surface area contributed by atoms with Gasteiger partial charge in [0.1, 0.15) is 41.2 Å². The molecule has 1 atom stereocenters. The summed E-state index contributed by atoms with van der Waals surface area (Å²) in [4.78, 5) is 0. The van der Waals surface area contributed by atoms with Gasteiger partial charge in [0.2, 0.25) is 0 Å². The van der Waals surface area contributed by atoms with Gasteiger partial charge < -0.3 is 0 Å². The van der Waals surface area contributed by atoms with Crippen LogP contribution in [-0.4, -0.2) is 0 Å². The van der Waals surface area contributed by atoms with Crippen molar-refractivity contribution in [2.45, 2.75) is 6.92 Å². The zero-order chi connectivity index (χ0) is 19.8. The van der Waals surface area contributed by atoms with Gasteiger partial charge >= 0.3 is 0 Å². The molecule has 0 spiro atoms. The van der Waals surface area contributed by atoms with Crippen molar-refractivity contribution < 1.29 is 13.2 Å². The Morgan fingerprint density at radius 1 is 0.808 bits per heavy atom. The van der Waals surface area contributed by atoms with Crippen LogP contribution in [-0.2, 0) is 0 Å². The molecule has 0 bridgehead atoms. The van der Waals surface area contributed by atoms with E-state index in [2.05, 4.69) is 9.24 Å². The molecule has 0 aromatic heterocycles. The van der Waals surface area contributed by atoms with Gasteiger partial charge in [-0.3, -0.25) is 0 Å². The smallest absolute Gasteiger partial charge is 0.170 e. The summed E-state index contributed by atoms with van der Waals surface area (Å²) in [6.45, 7) is 1.48. The highest BCUT2D eigenvalue weighted by atomic mass is 127. The Morgan fingerprint density at radius 3 is 1.73 bits per heavy atom. The summed E-state index contributed by atoms with van der Waals surface area (Å²) in [7, 11) is 2.09. The summed E-state index contributed by atoms with van der Waals surface area (Å²) in [6.07, 6.45) is 0. The van der Waals surface area contributed by atoms with Crippen LogP contribution in [0.3, 0.4) is 0 Å². The molecule has 2 aromatic rings. The standard InChI is InChI=1S/C17H5F3IN4P/c1-6-9-12(13(18)10(16(6)21)7(2-22)3-23)15(20)14(19)11(17(9)26)8(4-24)5-25/h26H2,1H3. The molecule has 0 aliphatic heterocycles. The maximum Gasteiger partial charge on any atom is 0.170 e. The van der Waals surface area contributed by atoms with Crippen LogP contribution in [0.25, 0.3) is 21.9 Å². The number of fused-ring (bicyclic) bond motifs is 1. The maximum absolute atomic E-state index is 15.0. The Labute approximate surface area is 161 Å². The molecule has 0 N–H and O–H groups in total. The molecule has 0 radical (unpaired) electrons. The van der Waals surface area contributed by atoms with Crippen molar-refractivity contribution in [1.82, 2.24) is 0 Å². The van der Waals surface area contributed by atoms with Gasteiger partial charge in [-0.1, -0.05) is 0 Å². The number of nitrogens with zero attached hydrogens (tertiary/aromatic N) is 4. The van der Waals surface area contributed by atoms with E-state index in [0.717, 1.165) is 0 Å². The van der Waals surface area contributed by atoms with Gasteiger partial charge in [0.25, 0.3) is 0 Å². The van der Waals surface area contributed by atoms with Gasteiger partial charge in [-0.25, -0.2) is 13.2 Å². The van der Waals surface area contributed by atoms with Crippen LogP contribution in [0, 0.1) is 73.3 Å². The molecule has 0 saturated heterocycles. The molecule has 0 heterocycles. The highest BCUT2D eigenvalue weighted by Gasteiger charge is 2.24. The Kier molecular flexibility index (Phi) is 5.53. The zero-order valence-corrected chi connectivity index (χ0v) is 16.2. The van der Waals surface area contributed by atoms with Gasteiger partial charge in [0, 0.05) is 8.79 Å². The molecule has 0 saturated carbocycles. The largest absolute Gasteiger partial charge is 0.205 e. The van der Waals surface area contributed by atoms with Crippen LogP contribution < -0.4 is 15.7 Å². The minimum Gasteiger partial charge on any atom is -0.205 e. The van der Waals surface area contributed by atoms with E-state index in [-0.39, 0.29) is 19.8 Å². The van der Waals surface area contributed by atoms with Crippen molar-refractivity contribution in [3.8, 4) is 24.3 Å². The molecule has 126 valence electrons. The number of rotatable bonds is 0. The van der Waals surface area contributed by atoms with Crippen LogP contribution in [0.1, 0.15) is 5.56 Å². The molecule has 9 heteroatoms. The first-order valence-corrected chi connectivity index (χ1v) is 8.35. The lowest BCUT2D eigenvalue weighted by Gasteiger charge is -2.13. The van der Waals surface area contributed by atoms with Crippen LogP contribution in [0.2, 0.25) is 0 Å². The zero-order valence-electron chi connectivity index (χ0n) is 12.9. The SMILES string of the molecule is Cc1c(I)c(=C(C#N)C#N)c(F)c2c(F)c(F)c(=C(C#N)C#N)c(P)c12. The van der Waals surface area contributed by atoms with Gasteiger partial charge in [0.15, 0.2) is 11.6 Å². The molecule has 0 fully saturated rings. The quantitative estimate of drug-likeness (QED) is 0.426. The highest BCUT2D eigenvalue weighted by molar-refractivity contribution is 14.1. The second kappa shape index (κ2) is 7.30. The van der Waals surface area contributed by atoms with Gasteiger partial charge in [-0.05, 0) is 45.8 Å². The molecular weight excluding hydrogens is 475 g/mol. The van der Waals surface area contributed by atoms with E-state index in [0.29, 0.717) is 0 Å². The Balaban J connectivity index is 3.48. The lowest BCUT2D eigenvalue weighted by Crippen LogP contribution is -2.31. The molecular formula is C17H5F3IN4P. The number of benzene rings is 2. The van der Waals surface area contributed by atoms with Crippen molar-refractivity contribution in [1.29, 1.82) is 21.0 Å². The van der Waals surface area contributed by atoms with Crippen molar-refractivity contribution in [2.75, 3.05) is 0 Å². The third kappa shape index (κ3) is 2.69. The topological polar surface area (TPSA) is 95.2 Å². The van der Waals surface area contributed by atoms with Crippen LogP contribution in [0.4, 0.5) is 13.2 Å². The fourth-order valence-corrected chi connectivity index (χ4v) is 3.97. The monoisotopic (exact) mass is 480 g/mol. The first kappa shape index (κ1) is 19.7. The number of hydrogen-bond acceptors (Lipinski definition) is 4. The molecule has 1 unspecified atom stereocenters. The average Bonchev–Trinajstić information content (AvgIpc) is 2.63. The lowest BCUT2D eigenvalue weighted by molar-refractivity contribution is 0.506. The third-order valence-electron chi connectivity index (χ3n) is 3.73. The molecule has 0 aliphatic rings. The number of aryl methyl sites for hydroxylation is 1. The van der Waals surface area contributed by atoms with Crippen LogP contribution in [0.15, 0.2) is 0 Å². The molecule has 26 heavy (non-hydrogen) atoms. The minimum atomic E-state index is -1.60. The molecule has 0 amide bonds. The second-order valence-electron chi connectivity index (χ2n) is 4.99. The van der Waals surface area contributed by atoms with Crippen molar-refractivity contribution in [2.24, 2.45) is 0 Å². The van der Waals surface area contributed by atoms with Crippen LogP contribution >= 0.6 is 31.8 Å². The first-order valence-electron chi connectivity index (χ1n) is 6.69. The van der Waals surface area contributed by atoms with E-state index in [1.54, 1.807) is 22.6 Å². The Bertz CT molecular complexity index is 1160. The lowest BCUT2D eigenvalue weighted by atomic mass is 9.98. The fourth-order valence-electron chi connectivity index (χ4n) is 2.56. The van der Waals surface area contributed by atoms with E-state index in [4.69, 9.17) is 21.0 Å². The molecule has 0 aliphatic carbocycles. The summed E-state index contributed by atoms with van der Waals surface area (Å²) in [5.41, 5.74) is -0.957. The average molecular weight is 480 g/mol. The van der Waals surface area contributed by atoms with Crippen LogP contribution in [0.5, 0.6) is 0 Å². The van der Waals surface area contributed by atoms with E-state index in [1.807, 2.05) is 0 Å². The highest BCUT2D eigenvalue weighted by Crippen LogP contribution is 2.26. The molecule has 2 rings (SSSR count). The minimum absolute atomic E-state index is 0.0484. The van der Waals surface area contributed by atoms with Crippen molar-refractivity contribution in [3.05, 3.63) is 37.0 Å². The van der Waals surface area contributed by atoms with Crippen molar-refractivity contribution >= 4 is 59.1 Å². The number of hydrogen-bond donors (Lipinski definition) is 0. The third-order valence-corrected chi connectivity index (χ3v) is 5.66. The second-order valence-corrected chi connectivity index (χ2v) is 6.65. The fraction of sp³-hybridized carbons (Fsp3) is 0.0588. The summed E-state index contributed by atoms with van der Waals surface area (Å²) >= 11 is 1.70. The summed E-state index contributed by atoms with van der Waals surface area (Å²) in [5.74, 6) is -4.41. The van der Waals surface area contributed by atoms with E-state index >= 15 is 0 Å². The summed E-state index contributed by atoms with van der Waals surface area (Å²) < 4.78 is 44.3. The van der Waals surface area contributed by atoms with Gasteiger partial charge in [-0.15, -0.1) is 9.24 Å². The van der Waals surface area contributed by atoms with Gasteiger partial charge in [-0.2, -0.15) is 21.0 Å². The predicted molar refractivity (Wildman–Crippen MR) is 99.1 cm³/mol. The normalized spacial score (nSPS) is 9.77. The number of halogens is 4.